The number of nitrogens with one attached hydrogen (secondary N) is 1. The van der Waals surface area contributed by atoms with E-state index in [0.717, 1.165) is 11.4 Å². The SMILES string of the molecule is COCCNc1nc(SCC2=NC=C[NH2+]2)c(C#N)c(-c2ccccc2)c1C#N. The zero-order chi connectivity index (χ0) is 19.8. The van der Waals surface area contributed by atoms with Gasteiger partial charge in [-0.1, -0.05) is 42.1 Å². The standard InChI is InChI=1S/C20H18N6OS/c1-27-10-9-25-19-15(11-21)18(14-5-3-2-4-6-14)16(12-22)20(26-19)28-13-17-23-7-8-24-17/h2-8H,9-10,13H2,1H3,(H,23,24)(H,25,26)/p+1. The zero-order valence-electron chi connectivity index (χ0n) is 15.3. The van der Waals surface area contributed by atoms with Crippen molar-refractivity contribution < 1.29 is 10.1 Å². The van der Waals surface area contributed by atoms with Crippen LogP contribution in [0.25, 0.3) is 11.1 Å². The van der Waals surface area contributed by atoms with E-state index < -0.39 is 0 Å². The average Bonchev–Trinajstić information content (AvgIpc) is 3.26. The third-order valence-corrected chi connectivity index (χ3v) is 5.03. The molecule has 2 aromatic rings. The monoisotopic (exact) mass is 391 g/mol. The summed E-state index contributed by atoms with van der Waals surface area (Å²) in [5.74, 6) is 1.96. The first-order chi connectivity index (χ1) is 13.8. The van der Waals surface area contributed by atoms with Gasteiger partial charge >= 0.3 is 0 Å². The third-order valence-electron chi connectivity index (χ3n) is 4.02. The quantitative estimate of drug-likeness (QED) is 0.527. The Labute approximate surface area is 167 Å². The molecule has 3 N–H and O–H groups in total. The number of nitrogens with two attached hydrogens (primary N) is 1. The lowest BCUT2D eigenvalue weighted by Crippen LogP contribution is -2.81. The molecule has 0 saturated carbocycles. The lowest BCUT2D eigenvalue weighted by Gasteiger charge is -2.15. The van der Waals surface area contributed by atoms with Gasteiger partial charge in [-0.25, -0.2) is 9.98 Å². The summed E-state index contributed by atoms with van der Waals surface area (Å²) in [6.45, 7) is 0.986. The maximum atomic E-state index is 9.87. The number of ether oxygens (including phenoxy) is 1. The second kappa shape index (κ2) is 9.67. The summed E-state index contributed by atoms with van der Waals surface area (Å²) in [5, 5.41) is 25.4. The third kappa shape index (κ3) is 4.38. The molecule has 1 aliphatic heterocycles. The number of hydrogen-bond donors (Lipinski definition) is 2. The van der Waals surface area contributed by atoms with Crippen LogP contribution in [0.5, 0.6) is 0 Å². The van der Waals surface area contributed by atoms with E-state index in [0.29, 0.717) is 46.4 Å². The summed E-state index contributed by atoms with van der Waals surface area (Å²) >= 11 is 1.43. The fraction of sp³-hybridized carbons (Fsp3) is 0.200. The molecule has 0 unspecified atom stereocenters. The molecule has 1 aromatic heterocycles. The molecule has 3 rings (SSSR count). The first-order valence-electron chi connectivity index (χ1n) is 8.64. The summed E-state index contributed by atoms with van der Waals surface area (Å²) in [6, 6.07) is 13.9. The lowest BCUT2D eigenvalue weighted by molar-refractivity contribution is -0.458. The number of anilines is 1. The summed E-state index contributed by atoms with van der Waals surface area (Å²) in [4.78, 5) is 8.86. The molecule has 1 aliphatic rings. The molecule has 0 atom stereocenters. The Hall–Kier alpha value is -3.17. The molecule has 0 radical (unpaired) electrons. The number of nitriles is 2. The molecule has 1 aromatic carbocycles. The Morgan fingerprint density at radius 3 is 2.61 bits per heavy atom. The summed E-state index contributed by atoms with van der Waals surface area (Å²) in [6.07, 6.45) is 3.61. The van der Waals surface area contributed by atoms with Crippen LogP contribution in [-0.2, 0) is 4.74 Å². The second-order valence-corrected chi connectivity index (χ2v) is 6.78. The summed E-state index contributed by atoms with van der Waals surface area (Å²) in [5.41, 5.74) is 2.16. The first kappa shape index (κ1) is 19.6. The number of amidine groups is 1. The maximum Gasteiger partial charge on any atom is 0.214 e. The largest absolute Gasteiger partial charge is 0.383 e. The number of benzene rings is 1. The number of rotatable bonds is 8. The van der Waals surface area contributed by atoms with Gasteiger partial charge in [0.25, 0.3) is 0 Å². The molecule has 7 nitrogen and oxygen atoms in total. The number of nitrogens with zero attached hydrogens (tertiary/aromatic N) is 4. The van der Waals surface area contributed by atoms with Crippen molar-refractivity contribution in [2.75, 3.05) is 31.3 Å². The number of aromatic nitrogens is 1. The molecule has 0 saturated heterocycles. The van der Waals surface area contributed by atoms with Crippen molar-refractivity contribution in [3.8, 4) is 23.3 Å². The van der Waals surface area contributed by atoms with Crippen LogP contribution in [0.4, 0.5) is 5.82 Å². The van der Waals surface area contributed by atoms with Crippen LogP contribution in [0.1, 0.15) is 11.1 Å². The van der Waals surface area contributed by atoms with Gasteiger partial charge in [0, 0.05) is 19.2 Å². The number of quaternary nitrogens is 1. The first-order valence-corrected chi connectivity index (χ1v) is 9.62. The maximum absolute atomic E-state index is 9.87. The van der Waals surface area contributed by atoms with E-state index in [-0.39, 0.29) is 0 Å². The van der Waals surface area contributed by atoms with E-state index >= 15 is 0 Å². The van der Waals surface area contributed by atoms with Crippen LogP contribution in [0, 0.1) is 22.7 Å². The molecule has 0 bridgehead atoms. The van der Waals surface area contributed by atoms with Gasteiger partial charge in [-0.3, -0.25) is 5.32 Å². The minimum absolute atomic E-state index is 0.356. The van der Waals surface area contributed by atoms with Crippen molar-refractivity contribution in [2.45, 2.75) is 5.03 Å². The number of methoxy groups -OCH3 is 1. The van der Waals surface area contributed by atoms with Crippen LogP contribution in [0.15, 0.2) is 52.8 Å². The molecule has 28 heavy (non-hydrogen) atoms. The van der Waals surface area contributed by atoms with Crippen LogP contribution in [-0.4, -0.2) is 36.8 Å². The van der Waals surface area contributed by atoms with E-state index in [4.69, 9.17) is 4.74 Å². The Balaban J connectivity index is 2.08. The van der Waals surface area contributed by atoms with E-state index in [1.165, 1.54) is 11.8 Å². The Morgan fingerprint density at radius 1 is 1.18 bits per heavy atom. The van der Waals surface area contributed by atoms with Gasteiger partial charge in [-0.15, -0.1) is 0 Å². The molecule has 0 aliphatic carbocycles. The molecule has 2 heterocycles. The van der Waals surface area contributed by atoms with Crippen LogP contribution >= 0.6 is 11.8 Å². The van der Waals surface area contributed by atoms with Gasteiger partial charge in [-0.05, 0) is 5.56 Å². The van der Waals surface area contributed by atoms with Gasteiger partial charge in [-0.2, -0.15) is 10.5 Å². The highest BCUT2D eigenvalue weighted by molar-refractivity contribution is 8.00. The van der Waals surface area contributed by atoms with Gasteiger partial charge < -0.3 is 10.1 Å². The van der Waals surface area contributed by atoms with Crippen molar-refractivity contribution >= 4 is 23.4 Å². The minimum Gasteiger partial charge on any atom is -0.383 e. The Bertz CT molecular complexity index is 988. The highest BCUT2D eigenvalue weighted by atomic mass is 32.2. The molecular formula is C20H19N6OS+. The Kier molecular flexibility index (Phi) is 6.77. The summed E-state index contributed by atoms with van der Waals surface area (Å²) < 4.78 is 5.08. The van der Waals surface area contributed by atoms with Crippen molar-refractivity contribution in [1.29, 1.82) is 10.5 Å². The highest BCUT2D eigenvalue weighted by Crippen LogP contribution is 2.36. The van der Waals surface area contributed by atoms with E-state index in [1.807, 2.05) is 41.8 Å². The molecule has 0 amide bonds. The molecule has 0 fully saturated rings. The van der Waals surface area contributed by atoms with Gasteiger partial charge in [0.1, 0.15) is 34.7 Å². The molecular weight excluding hydrogens is 372 g/mol. The normalized spacial score (nSPS) is 12.3. The molecule has 0 spiro atoms. The van der Waals surface area contributed by atoms with Crippen molar-refractivity contribution in [3.05, 3.63) is 53.9 Å². The zero-order valence-corrected chi connectivity index (χ0v) is 16.2. The lowest BCUT2D eigenvalue weighted by atomic mass is 9.97. The summed E-state index contributed by atoms with van der Waals surface area (Å²) in [7, 11) is 1.61. The van der Waals surface area contributed by atoms with Crippen LogP contribution in [0.3, 0.4) is 0 Å². The molecule has 8 heteroatoms. The Morgan fingerprint density at radius 2 is 1.96 bits per heavy atom. The minimum atomic E-state index is 0.356. The van der Waals surface area contributed by atoms with Crippen LogP contribution < -0.4 is 10.6 Å². The van der Waals surface area contributed by atoms with Gasteiger partial charge in [0.2, 0.25) is 5.84 Å². The fourth-order valence-electron chi connectivity index (χ4n) is 2.74. The predicted octanol–water partition coefficient (Wildman–Crippen LogP) is 2.09. The van der Waals surface area contributed by atoms with Crippen molar-refractivity contribution in [3.63, 3.8) is 0 Å². The highest BCUT2D eigenvalue weighted by Gasteiger charge is 2.22. The molecule has 140 valence electrons. The van der Waals surface area contributed by atoms with E-state index in [9.17, 15) is 10.5 Å². The number of hydrogen-bond acceptors (Lipinski definition) is 7. The topological polar surface area (TPSA) is 111 Å². The van der Waals surface area contributed by atoms with Crippen molar-refractivity contribution in [1.82, 2.24) is 4.98 Å². The fourth-order valence-corrected chi connectivity index (χ4v) is 3.64. The number of aliphatic imine (C=N–C) groups is 1. The van der Waals surface area contributed by atoms with Gasteiger partial charge in [0.15, 0.2) is 0 Å². The van der Waals surface area contributed by atoms with Crippen LogP contribution in [0.2, 0.25) is 0 Å². The predicted molar refractivity (Wildman–Crippen MR) is 109 cm³/mol. The van der Waals surface area contributed by atoms with Crippen molar-refractivity contribution in [2.24, 2.45) is 4.99 Å². The average molecular weight is 391 g/mol. The number of pyridine rings is 1. The van der Waals surface area contributed by atoms with Gasteiger partial charge in [0.05, 0.1) is 24.1 Å². The van der Waals surface area contributed by atoms with E-state index in [2.05, 4.69) is 27.4 Å². The van der Waals surface area contributed by atoms with E-state index in [1.54, 1.807) is 13.3 Å². The smallest absolute Gasteiger partial charge is 0.214 e. The number of thioether (sulfide) groups is 1. The second-order valence-electron chi connectivity index (χ2n) is 5.82.